The van der Waals surface area contributed by atoms with Crippen molar-refractivity contribution in [3.05, 3.63) is 24.3 Å². The van der Waals surface area contributed by atoms with Gasteiger partial charge in [-0.2, -0.15) is 5.10 Å². The van der Waals surface area contributed by atoms with Gasteiger partial charge in [0, 0.05) is 13.8 Å². The van der Waals surface area contributed by atoms with Gasteiger partial charge >= 0.3 is 0 Å². The van der Waals surface area contributed by atoms with Gasteiger partial charge in [0.1, 0.15) is 0 Å². The highest BCUT2D eigenvalue weighted by Crippen LogP contribution is 1.98. The summed E-state index contributed by atoms with van der Waals surface area (Å²) in [6, 6.07) is 0. The van der Waals surface area contributed by atoms with E-state index in [1.807, 2.05) is 13.8 Å². The van der Waals surface area contributed by atoms with Gasteiger partial charge in [-0.05, 0) is 13.8 Å². The molecule has 0 bridgehead atoms. The third-order valence-electron chi connectivity index (χ3n) is 0.887. The molecule has 2 heteroatoms. The van der Waals surface area contributed by atoms with Crippen molar-refractivity contribution in [2.45, 2.75) is 13.8 Å². The summed E-state index contributed by atoms with van der Waals surface area (Å²) in [6.45, 7) is 14.3. The maximum atomic E-state index is 3.66. The first kappa shape index (κ1) is 11.7. The summed E-state index contributed by atoms with van der Waals surface area (Å²) in [7, 11) is 1.70. The van der Waals surface area contributed by atoms with Crippen molar-refractivity contribution in [1.82, 2.24) is 5.43 Å². The fraction of sp³-hybridized carbons (Fsp3) is 0.375. The predicted molar refractivity (Wildman–Crippen MR) is 48.2 cm³/mol. The molecule has 0 aliphatic heterocycles. The van der Waals surface area contributed by atoms with Crippen LogP contribution in [0, 0.1) is 0 Å². The fourth-order valence-electron chi connectivity index (χ4n) is 0. The third-order valence-corrected chi connectivity index (χ3v) is 0.887. The second kappa shape index (κ2) is 7.95. The Bertz CT molecular complexity index is 113. The molecule has 10 heavy (non-hydrogen) atoms. The molecular weight excluding hydrogens is 124 g/mol. The highest BCUT2D eigenvalue weighted by atomic mass is 15.2. The molecule has 1 N–H and O–H groups in total. The first-order chi connectivity index (χ1) is 4.56. The summed E-state index contributed by atoms with van der Waals surface area (Å²) in [5, 5.41) is 3.24. The Morgan fingerprint density at radius 1 is 1.20 bits per heavy atom. The largest absolute Gasteiger partial charge is 0.314 e. The zero-order valence-corrected chi connectivity index (χ0v) is 7.07. The lowest BCUT2D eigenvalue weighted by Crippen LogP contribution is -1.88. The number of nitrogens with zero attached hydrogens (tertiary/aromatic N) is 1. The Morgan fingerprint density at radius 2 is 1.40 bits per heavy atom. The van der Waals surface area contributed by atoms with Crippen LogP contribution in [0.3, 0.4) is 0 Å². The molecule has 0 radical (unpaired) electrons. The molecule has 0 saturated heterocycles. The van der Waals surface area contributed by atoms with E-state index in [4.69, 9.17) is 0 Å². The van der Waals surface area contributed by atoms with Crippen LogP contribution >= 0.6 is 0 Å². The zero-order chi connectivity index (χ0) is 8.57. The van der Waals surface area contributed by atoms with Gasteiger partial charge in [-0.1, -0.05) is 24.3 Å². The van der Waals surface area contributed by atoms with Crippen molar-refractivity contribution >= 4 is 6.72 Å². The lowest BCUT2D eigenvalue weighted by atomic mass is 10.2. The standard InChI is InChI=1S/C6H10.C2H6N2/c1-5(2)6(3)4;1-3-4-2/h1,3H2,2,4H3;4H,1H2,2H3. The number of hydrogen-bond donors (Lipinski definition) is 1. The van der Waals surface area contributed by atoms with Crippen molar-refractivity contribution < 1.29 is 0 Å². The second-order valence-electron chi connectivity index (χ2n) is 1.94. The van der Waals surface area contributed by atoms with E-state index in [2.05, 4.69) is 30.4 Å². The minimum atomic E-state index is 1.06. The normalized spacial score (nSPS) is 6.70. The van der Waals surface area contributed by atoms with E-state index in [9.17, 15) is 0 Å². The maximum absolute atomic E-state index is 3.66. The van der Waals surface area contributed by atoms with E-state index in [1.165, 1.54) is 0 Å². The van der Waals surface area contributed by atoms with Crippen LogP contribution in [0.5, 0.6) is 0 Å². The molecule has 0 heterocycles. The highest BCUT2D eigenvalue weighted by Gasteiger charge is 1.77. The lowest BCUT2D eigenvalue weighted by Gasteiger charge is -1.88. The molecule has 0 saturated carbocycles. The van der Waals surface area contributed by atoms with Crippen LogP contribution in [0.4, 0.5) is 0 Å². The van der Waals surface area contributed by atoms with Crippen molar-refractivity contribution in [3.8, 4) is 0 Å². The number of nitrogens with one attached hydrogen (secondary N) is 1. The summed E-state index contributed by atoms with van der Waals surface area (Å²) in [5.41, 5.74) is 4.57. The highest BCUT2D eigenvalue weighted by molar-refractivity contribution is 5.22. The molecule has 0 unspecified atom stereocenters. The van der Waals surface area contributed by atoms with E-state index in [1.54, 1.807) is 7.05 Å². The molecule has 0 amide bonds. The minimum Gasteiger partial charge on any atom is -0.314 e. The topological polar surface area (TPSA) is 24.4 Å². The summed E-state index contributed by atoms with van der Waals surface area (Å²) >= 11 is 0. The Morgan fingerprint density at radius 3 is 1.40 bits per heavy atom. The van der Waals surface area contributed by atoms with Gasteiger partial charge in [-0.25, -0.2) is 0 Å². The van der Waals surface area contributed by atoms with E-state index < -0.39 is 0 Å². The second-order valence-corrected chi connectivity index (χ2v) is 1.94. The molecule has 0 atom stereocenters. The SMILES string of the molecule is C=C(C)C(=C)C.C=NNC. The van der Waals surface area contributed by atoms with Crippen molar-refractivity contribution in [2.75, 3.05) is 7.05 Å². The van der Waals surface area contributed by atoms with Crippen molar-refractivity contribution in [2.24, 2.45) is 5.10 Å². The molecule has 0 rings (SSSR count). The quantitative estimate of drug-likeness (QED) is 0.354. The van der Waals surface area contributed by atoms with Crippen LogP contribution in [0.2, 0.25) is 0 Å². The maximum Gasteiger partial charge on any atom is 0.0216 e. The summed E-state index contributed by atoms with van der Waals surface area (Å²) in [5.74, 6) is 0. The molecule has 0 fully saturated rings. The zero-order valence-electron chi connectivity index (χ0n) is 7.07. The molecule has 0 aliphatic carbocycles. The molecule has 58 valence electrons. The molecule has 0 aromatic heterocycles. The molecule has 0 spiro atoms. The van der Waals surface area contributed by atoms with E-state index >= 15 is 0 Å². The van der Waals surface area contributed by atoms with Gasteiger partial charge in [-0.15, -0.1) is 0 Å². The molecule has 2 nitrogen and oxygen atoms in total. The first-order valence-electron chi connectivity index (χ1n) is 3.00. The van der Waals surface area contributed by atoms with E-state index in [-0.39, 0.29) is 0 Å². The van der Waals surface area contributed by atoms with Gasteiger partial charge < -0.3 is 5.43 Å². The number of hydrazone groups is 1. The first-order valence-corrected chi connectivity index (χ1v) is 3.00. The number of allylic oxidation sites excluding steroid dienone is 2. The van der Waals surface area contributed by atoms with Crippen molar-refractivity contribution in [1.29, 1.82) is 0 Å². The van der Waals surface area contributed by atoms with Gasteiger partial charge in [0.25, 0.3) is 0 Å². The Hall–Kier alpha value is -1.05. The van der Waals surface area contributed by atoms with E-state index in [0.29, 0.717) is 0 Å². The van der Waals surface area contributed by atoms with Gasteiger partial charge in [0.15, 0.2) is 0 Å². The summed E-state index contributed by atoms with van der Waals surface area (Å²) in [4.78, 5) is 0. The average Bonchev–Trinajstić information content (AvgIpc) is 1.89. The summed E-state index contributed by atoms with van der Waals surface area (Å²) in [6.07, 6.45) is 0. The number of rotatable bonds is 2. The Labute approximate surface area is 63.3 Å². The molecule has 0 aromatic rings. The predicted octanol–water partition coefficient (Wildman–Crippen LogP) is 1.96. The van der Waals surface area contributed by atoms with Crippen molar-refractivity contribution in [3.63, 3.8) is 0 Å². The van der Waals surface area contributed by atoms with Gasteiger partial charge in [0.2, 0.25) is 0 Å². The van der Waals surface area contributed by atoms with Crippen LogP contribution in [-0.2, 0) is 0 Å². The number of hydrogen-bond acceptors (Lipinski definition) is 2. The smallest absolute Gasteiger partial charge is 0.0216 e. The van der Waals surface area contributed by atoms with Gasteiger partial charge in [-0.3, -0.25) is 0 Å². The van der Waals surface area contributed by atoms with Crippen LogP contribution in [-0.4, -0.2) is 13.8 Å². The van der Waals surface area contributed by atoms with Crippen LogP contribution in [0.25, 0.3) is 0 Å². The van der Waals surface area contributed by atoms with Crippen LogP contribution in [0.15, 0.2) is 29.4 Å². The monoisotopic (exact) mass is 140 g/mol. The molecule has 0 aliphatic rings. The average molecular weight is 140 g/mol. The lowest BCUT2D eigenvalue weighted by molar-refractivity contribution is 0.913. The van der Waals surface area contributed by atoms with E-state index in [0.717, 1.165) is 11.1 Å². The molecular formula is C8H16N2. The van der Waals surface area contributed by atoms with Gasteiger partial charge in [0.05, 0.1) is 0 Å². The molecule has 0 aromatic carbocycles. The fourth-order valence-corrected chi connectivity index (χ4v) is 0. The van der Waals surface area contributed by atoms with Crippen LogP contribution < -0.4 is 5.43 Å². The summed E-state index contributed by atoms with van der Waals surface area (Å²) < 4.78 is 0. The Balaban J connectivity index is 0. The third kappa shape index (κ3) is 15.8. The van der Waals surface area contributed by atoms with Crippen LogP contribution in [0.1, 0.15) is 13.8 Å². The minimum absolute atomic E-state index is 1.06. The Kier molecular flexibility index (Phi) is 9.31.